The molecule has 0 spiro atoms. The van der Waals surface area contributed by atoms with Gasteiger partial charge in [-0.25, -0.2) is 9.97 Å². The van der Waals surface area contributed by atoms with Crippen LogP contribution in [0.25, 0.3) is 28.1 Å². The first-order chi connectivity index (χ1) is 10.6. The minimum absolute atomic E-state index is 0.295. The van der Waals surface area contributed by atoms with Crippen LogP contribution >= 0.6 is 0 Å². The molecule has 0 bridgehead atoms. The van der Waals surface area contributed by atoms with E-state index in [-0.39, 0.29) is 0 Å². The molecule has 1 aromatic carbocycles. The van der Waals surface area contributed by atoms with E-state index >= 15 is 0 Å². The summed E-state index contributed by atoms with van der Waals surface area (Å²) in [6.07, 6.45) is 1.59. The molecule has 7 nitrogen and oxygen atoms in total. The summed E-state index contributed by atoms with van der Waals surface area (Å²) in [5, 5.41) is 5.32. The lowest BCUT2D eigenvalue weighted by molar-refractivity contribution is 0.577. The zero-order valence-corrected chi connectivity index (χ0v) is 12.2. The summed E-state index contributed by atoms with van der Waals surface area (Å²) in [5.74, 6) is 1.38. The molecule has 110 valence electrons. The lowest BCUT2D eigenvalue weighted by atomic mass is 10.2. The van der Waals surface area contributed by atoms with Gasteiger partial charge in [0.15, 0.2) is 11.4 Å². The smallest absolute Gasteiger partial charge is 0.223 e. The van der Waals surface area contributed by atoms with Gasteiger partial charge in [-0.1, -0.05) is 6.07 Å². The third kappa shape index (κ3) is 1.72. The van der Waals surface area contributed by atoms with Crippen molar-refractivity contribution in [3.05, 3.63) is 36.6 Å². The van der Waals surface area contributed by atoms with Crippen LogP contribution in [0.15, 0.2) is 41.0 Å². The Balaban J connectivity index is 2.13. The van der Waals surface area contributed by atoms with Crippen LogP contribution in [-0.2, 0) is 0 Å². The van der Waals surface area contributed by atoms with Crippen molar-refractivity contribution in [1.82, 2.24) is 19.6 Å². The summed E-state index contributed by atoms with van der Waals surface area (Å²) >= 11 is 0. The number of nitrogens with two attached hydrogens (primary N) is 1. The van der Waals surface area contributed by atoms with E-state index in [2.05, 4.69) is 15.1 Å². The SMILES string of the molecule is CN(C)c1cccc2nc(N)n3nc(-c4ccco4)nc3c12. The van der Waals surface area contributed by atoms with Gasteiger partial charge in [0, 0.05) is 19.8 Å². The van der Waals surface area contributed by atoms with Crippen LogP contribution in [0.2, 0.25) is 0 Å². The second kappa shape index (κ2) is 4.45. The van der Waals surface area contributed by atoms with Gasteiger partial charge in [-0.05, 0) is 24.3 Å². The summed E-state index contributed by atoms with van der Waals surface area (Å²) in [6.45, 7) is 0. The minimum atomic E-state index is 0.295. The monoisotopic (exact) mass is 294 g/mol. The fraction of sp³-hybridized carbons (Fsp3) is 0.133. The number of anilines is 2. The minimum Gasteiger partial charge on any atom is -0.461 e. The van der Waals surface area contributed by atoms with E-state index in [4.69, 9.17) is 10.2 Å². The molecule has 0 aliphatic carbocycles. The van der Waals surface area contributed by atoms with E-state index in [9.17, 15) is 0 Å². The third-order valence-electron chi connectivity index (χ3n) is 3.53. The maximum absolute atomic E-state index is 6.02. The molecular formula is C15H14N6O. The van der Waals surface area contributed by atoms with Crippen LogP contribution < -0.4 is 10.6 Å². The van der Waals surface area contributed by atoms with Gasteiger partial charge >= 0.3 is 0 Å². The molecule has 0 aliphatic heterocycles. The maximum Gasteiger partial charge on any atom is 0.223 e. The number of hydrogen-bond acceptors (Lipinski definition) is 6. The summed E-state index contributed by atoms with van der Waals surface area (Å²) in [4.78, 5) is 11.0. The lowest BCUT2D eigenvalue weighted by Gasteiger charge is -2.15. The van der Waals surface area contributed by atoms with Crippen LogP contribution in [-0.4, -0.2) is 33.7 Å². The van der Waals surface area contributed by atoms with Crippen molar-refractivity contribution in [2.45, 2.75) is 0 Å². The zero-order valence-electron chi connectivity index (χ0n) is 12.2. The lowest BCUT2D eigenvalue weighted by Crippen LogP contribution is -2.11. The molecule has 0 atom stereocenters. The fourth-order valence-electron chi connectivity index (χ4n) is 2.54. The molecule has 7 heteroatoms. The molecule has 3 heterocycles. The molecule has 0 aliphatic rings. The van der Waals surface area contributed by atoms with Crippen LogP contribution in [0.4, 0.5) is 11.6 Å². The van der Waals surface area contributed by atoms with Crippen molar-refractivity contribution < 1.29 is 4.42 Å². The largest absolute Gasteiger partial charge is 0.461 e. The van der Waals surface area contributed by atoms with Gasteiger partial charge in [-0.3, -0.25) is 0 Å². The molecule has 0 amide bonds. The molecule has 0 fully saturated rings. The molecule has 0 radical (unpaired) electrons. The van der Waals surface area contributed by atoms with Crippen LogP contribution in [0.5, 0.6) is 0 Å². The summed E-state index contributed by atoms with van der Waals surface area (Å²) in [7, 11) is 3.96. The number of rotatable bonds is 2. The standard InChI is InChI=1S/C15H14N6O/c1-20(2)10-6-3-5-9-12(10)14-18-13(11-7-4-8-22-11)19-21(14)15(16)17-9/h3-8H,1-2H3,(H2,16,17). The number of nitrogen functional groups attached to an aromatic ring is 1. The summed E-state index contributed by atoms with van der Waals surface area (Å²) in [5.41, 5.74) is 8.48. The number of benzene rings is 1. The van der Waals surface area contributed by atoms with Gasteiger partial charge in [0.2, 0.25) is 11.8 Å². The highest BCUT2D eigenvalue weighted by Crippen LogP contribution is 2.30. The summed E-state index contributed by atoms with van der Waals surface area (Å²) < 4.78 is 6.92. The third-order valence-corrected chi connectivity index (χ3v) is 3.53. The van der Waals surface area contributed by atoms with Crippen molar-refractivity contribution in [3.63, 3.8) is 0 Å². The predicted molar refractivity (Wildman–Crippen MR) is 84.7 cm³/mol. The Kier molecular flexibility index (Phi) is 2.56. The Morgan fingerprint density at radius 3 is 2.73 bits per heavy atom. The van der Waals surface area contributed by atoms with Crippen molar-refractivity contribution in [2.24, 2.45) is 0 Å². The Morgan fingerprint density at radius 2 is 2.00 bits per heavy atom. The molecule has 22 heavy (non-hydrogen) atoms. The Morgan fingerprint density at radius 1 is 1.14 bits per heavy atom. The first kappa shape index (κ1) is 12.6. The molecule has 4 rings (SSSR count). The number of nitrogens with zero attached hydrogens (tertiary/aromatic N) is 5. The number of furan rings is 1. The normalized spacial score (nSPS) is 11.4. The van der Waals surface area contributed by atoms with Gasteiger partial charge < -0.3 is 15.1 Å². The van der Waals surface area contributed by atoms with E-state index in [1.54, 1.807) is 16.8 Å². The molecule has 0 saturated carbocycles. The van der Waals surface area contributed by atoms with E-state index in [1.165, 1.54) is 0 Å². The van der Waals surface area contributed by atoms with Crippen molar-refractivity contribution >= 4 is 28.2 Å². The zero-order chi connectivity index (χ0) is 15.3. The quantitative estimate of drug-likeness (QED) is 0.610. The average Bonchev–Trinajstić information content (AvgIpc) is 3.16. The van der Waals surface area contributed by atoms with Gasteiger partial charge in [0.1, 0.15) is 0 Å². The highest BCUT2D eigenvalue weighted by molar-refractivity contribution is 6.02. The number of aromatic nitrogens is 4. The molecule has 2 N–H and O–H groups in total. The van der Waals surface area contributed by atoms with Crippen molar-refractivity contribution in [1.29, 1.82) is 0 Å². The van der Waals surface area contributed by atoms with Crippen LogP contribution in [0, 0.1) is 0 Å². The first-order valence-corrected chi connectivity index (χ1v) is 6.81. The Bertz CT molecular complexity index is 971. The molecule has 3 aromatic heterocycles. The van der Waals surface area contributed by atoms with Crippen LogP contribution in [0.1, 0.15) is 0 Å². The second-order valence-corrected chi connectivity index (χ2v) is 5.18. The maximum atomic E-state index is 6.02. The average molecular weight is 294 g/mol. The van der Waals surface area contributed by atoms with Gasteiger partial charge in [-0.2, -0.15) is 4.52 Å². The van der Waals surface area contributed by atoms with Gasteiger partial charge in [-0.15, -0.1) is 5.10 Å². The predicted octanol–water partition coefficient (Wildman–Crippen LogP) is 2.19. The first-order valence-electron chi connectivity index (χ1n) is 6.81. The molecule has 4 aromatic rings. The highest BCUT2D eigenvalue weighted by Gasteiger charge is 2.17. The Labute approximate surface area is 126 Å². The Hall–Kier alpha value is -3.09. The number of fused-ring (bicyclic) bond motifs is 3. The van der Waals surface area contributed by atoms with Crippen molar-refractivity contribution in [2.75, 3.05) is 24.7 Å². The molecular weight excluding hydrogens is 280 g/mol. The van der Waals surface area contributed by atoms with E-state index in [1.807, 2.05) is 43.3 Å². The van der Waals surface area contributed by atoms with Crippen LogP contribution in [0.3, 0.4) is 0 Å². The van der Waals surface area contributed by atoms with E-state index in [0.29, 0.717) is 23.2 Å². The second-order valence-electron chi connectivity index (χ2n) is 5.18. The van der Waals surface area contributed by atoms with E-state index < -0.39 is 0 Å². The van der Waals surface area contributed by atoms with E-state index in [0.717, 1.165) is 16.6 Å². The molecule has 0 unspecified atom stereocenters. The number of hydrogen-bond donors (Lipinski definition) is 1. The van der Waals surface area contributed by atoms with Gasteiger partial charge in [0.25, 0.3) is 0 Å². The topological polar surface area (TPSA) is 85.5 Å². The molecule has 0 saturated heterocycles. The fourth-order valence-corrected chi connectivity index (χ4v) is 2.54. The van der Waals surface area contributed by atoms with Gasteiger partial charge in [0.05, 0.1) is 17.2 Å². The van der Waals surface area contributed by atoms with Crippen molar-refractivity contribution in [3.8, 4) is 11.6 Å². The summed E-state index contributed by atoms with van der Waals surface area (Å²) in [6, 6.07) is 9.49. The highest BCUT2D eigenvalue weighted by atomic mass is 16.3.